The molecule has 3 rings (SSSR count). The van der Waals surface area contributed by atoms with Crippen molar-refractivity contribution in [1.29, 1.82) is 5.26 Å². The first kappa shape index (κ1) is 12.6. The van der Waals surface area contributed by atoms with Gasteiger partial charge in [0.25, 0.3) is 0 Å². The van der Waals surface area contributed by atoms with Gasteiger partial charge in [0.15, 0.2) is 5.78 Å². The highest BCUT2D eigenvalue weighted by Crippen LogP contribution is 2.34. The first-order valence-corrected chi connectivity index (χ1v) is 6.60. The van der Waals surface area contributed by atoms with E-state index >= 15 is 0 Å². The number of imidazole rings is 1. The van der Waals surface area contributed by atoms with E-state index in [1.807, 2.05) is 16.7 Å². The third-order valence-corrected chi connectivity index (χ3v) is 3.67. The van der Waals surface area contributed by atoms with Gasteiger partial charge in [-0.25, -0.2) is 4.98 Å². The largest absolute Gasteiger partial charge is 0.296 e. The predicted molar refractivity (Wildman–Crippen MR) is 74.7 cm³/mol. The molecule has 0 spiro atoms. The SMILES string of the molecule is CC1(C)CC(=O)c2c(ncn2-c2ccc(C#N)cc2)C1. The summed E-state index contributed by atoms with van der Waals surface area (Å²) in [4.78, 5) is 16.8. The third-order valence-electron chi connectivity index (χ3n) is 3.67. The van der Waals surface area contributed by atoms with Gasteiger partial charge in [-0.05, 0) is 36.1 Å². The molecular weight excluding hydrogens is 250 g/mol. The van der Waals surface area contributed by atoms with E-state index in [1.165, 1.54) is 0 Å². The number of rotatable bonds is 1. The maximum Gasteiger partial charge on any atom is 0.182 e. The number of nitriles is 1. The van der Waals surface area contributed by atoms with Crippen molar-refractivity contribution >= 4 is 5.78 Å². The molecule has 0 atom stereocenters. The van der Waals surface area contributed by atoms with Crippen LogP contribution in [0.3, 0.4) is 0 Å². The molecule has 1 aliphatic rings. The molecule has 4 heteroatoms. The number of Topliss-reactive ketones (excluding diaryl/α,β-unsaturated/α-hetero) is 1. The number of benzene rings is 1. The Labute approximate surface area is 117 Å². The van der Waals surface area contributed by atoms with Crippen molar-refractivity contribution in [3.63, 3.8) is 0 Å². The number of carbonyl (C=O) groups excluding carboxylic acids is 1. The second-order valence-corrected chi connectivity index (χ2v) is 6.01. The minimum absolute atomic E-state index is 0.0199. The minimum Gasteiger partial charge on any atom is -0.296 e. The summed E-state index contributed by atoms with van der Waals surface area (Å²) in [5.41, 5.74) is 3.01. The van der Waals surface area contributed by atoms with Crippen molar-refractivity contribution in [3.8, 4) is 11.8 Å². The molecular formula is C16H15N3O. The van der Waals surface area contributed by atoms with Crippen molar-refractivity contribution in [2.45, 2.75) is 26.7 Å². The molecule has 0 bridgehead atoms. The fraction of sp³-hybridized carbons (Fsp3) is 0.312. The van der Waals surface area contributed by atoms with Gasteiger partial charge in [-0.1, -0.05) is 13.8 Å². The summed E-state index contributed by atoms with van der Waals surface area (Å²) in [5.74, 6) is 0.137. The number of ketones is 1. The molecule has 20 heavy (non-hydrogen) atoms. The van der Waals surface area contributed by atoms with E-state index in [-0.39, 0.29) is 11.2 Å². The Kier molecular flexibility index (Phi) is 2.72. The van der Waals surface area contributed by atoms with Crippen molar-refractivity contribution in [1.82, 2.24) is 9.55 Å². The summed E-state index contributed by atoms with van der Waals surface area (Å²) < 4.78 is 1.83. The highest BCUT2D eigenvalue weighted by Gasteiger charge is 2.34. The molecule has 0 N–H and O–H groups in total. The van der Waals surface area contributed by atoms with Gasteiger partial charge in [-0.2, -0.15) is 5.26 Å². The van der Waals surface area contributed by atoms with Crippen molar-refractivity contribution in [2.24, 2.45) is 5.41 Å². The number of hydrogen-bond acceptors (Lipinski definition) is 3. The van der Waals surface area contributed by atoms with Crippen LogP contribution in [0.25, 0.3) is 5.69 Å². The van der Waals surface area contributed by atoms with Crippen LogP contribution in [0, 0.1) is 16.7 Å². The zero-order valence-corrected chi connectivity index (χ0v) is 11.6. The van der Waals surface area contributed by atoms with Crippen LogP contribution < -0.4 is 0 Å². The summed E-state index contributed by atoms with van der Waals surface area (Å²) in [6, 6.07) is 9.27. The maximum absolute atomic E-state index is 12.4. The van der Waals surface area contributed by atoms with Crippen molar-refractivity contribution < 1.29 is 4.79 Å². The summed E-state index contributed by atoms with van der Waals surface area (Å²) in [6.07, 6.45) is 3.06. The van der Waals surface area contributed by atoms with E-state index in [0.29, 0.717) is 17.7 Å². The molecule has 0 saturated carbocycles. The first-order chi connectivity index (χ1) is 9.50. The molecule has 4 nitrogen and oxygen atoms in total. The summed E-state index contributed by atoms with van der Waals surface area (Å²) in [6.45, 7) is 4.18. The average Bonchev–Trinajstić information content (AvgIpc) is 2.81. The minimum atomic E-state index is -0.0199. The molecule has 1 aromatic carbocycles. The second kappa shape index (κ2) is 4.31. The molecule has 100 valence electrons. The van der Waals surface area contributed by atoms with Crippen molar-refractivity contribution in [3.05, 3.63) is 47.5 Å². The molecule has 2 aromatic rings. The Hall–Kier alpha value is -2.41. The number of nitrogens with zero attached hydrogens (tertiary/aromatic N) is 3. The van der Waals surface area contributed by atoms with E-state index in [0.717, 1.165) is 17.8 Å². The molecule has 0 saturated heterocycles. The summed E-state index contributed by atoms with van der Waals surface area (Å²) in [7, 11) is 0. The van der Waals surface area contributed by atoms with Crippen LogP contribution in [-0.2, 0) is 6.42 Å². The predicted octanol–water partition coefficient (Wildman–Crippen LogP) is 2.90. The fourth-order valence-electron chi connectivity index (χ4n) is 2.74. The molecule has 0 radical (unpaired) electrons. The number of aromatic nitrogens is 2. The van der Waals surface area contributed by atoms with Crippen LogP contribution in [-0.4, -0.2) is 15.3 Å². The number of fused-ring (bicyclic) bond motifs is 1. The standard InChI is InChI=1S/C16H15N3O/c1-16(2)7-13-15(14(20)8-16)19(10-18-13)12-5-3-11(9-17)4-6-12/h3-6,10H,7-8H2,1-2H3. The average molecular weight is 265 g/mol. The quantitative estimate of drug-likeness (QED) is 0.796. The number of hydrogen-bond donors (Lipinski definition) is 0. The molecule has 0 fully saturated rings. The van der Waals surface area contributed by atoms with Gasteiger partial charge in [0, 0.05) is 12.1 Å². The van der Waals surface area contributed by atoms with Crippen LogP contribution >= 0.6 is 0 Å². The van der Waals surface area contributed by atoms with Gasteiger partial charge >= 0.3 is 0 Å². The monoisotopic (exact) mass is 265 g/mol. The van der Waals surface area contributed by atoms with E-state index in [9.17, 15) is 4.79 Å². The zero-order chi connectivity index (χ0) is 14.3. The van der Waals surface area contributed by atoms with E-state index in [2.05, 4.69) is 24.9 Å². The van der Waals surface area contributed by atoms with Gasteiger partial charge < -0.3 is 0 Å². The van der Waals surface area contributed by atoms with Crippen LogP contribution in [0.5, 0.6) is 0 Å². The molecule has 1 heterocycles. The van der Waals surface area contributed by atoms with Gasteiger partial charge in [0.05, 0.1) is 17.3 Å². The molecule has 0 amide bonds. The smallest absolute Gasteiger partial charge is 0.182 e. The van der Waals surface area contributed by atoms with E-state index in [4.69, 9.17) is 5.26 Å². The highest BCUT2D eigenvalue weighted by molar-refractivity contribution is 5.97. The number of carbonyl (C=O) groups is 1. The van der Waals surface area contributed by atoms with Crippen molar-refractivity contribution in [2.75, 3.05) is 0 Å². The summed E-state index contributed by atoms with van der Waals surface area (Å²) in [5, 5.41) is 8.83. The summed E-state index contributed by atoms with van der Waals surface area (Å²) >= 11 is 0. The van der Waals surface area contributed by atoms with Gasteiger partial charge in [-0.3, -0.25) is 9.36 Å². The van der Waals surface area contributed by atoms with Crippen LogP contribution in [0.2, 0.25) is 0 Å². The Morgan fingerprint density at radius 3 is 2.60 bits per heavy atom. The Balaban J connectivity index is 2.07. The van der Waals surface area contributed by atoms with Gasteiger partial charge in [0.1, 0.15) is 12.0 Å². The van der Waals surface area contributed by atoms with Crippen LogP contribution in [0.4, 0.5) is 0 Å². The molecule has 0 aliphatic heterocycles. The molecule has 1 aliphatic carbocycles. The third kappa shape index (κ3) is 2.01. The van der Waals surface area contributed by atoms with Gasteiger partial charge in [0.2, 0.25) is 0 Å². The lowest BCUT2D eigenvalue weighted by atomic mass is 9.77. The highest BCUT2D eigenvalue weighted by atomic mass is 16.1. The molecule has 0 unspecified atom stereocenters. The second-order valence-electron chi connectivity index (χ2n) is 6.01. The van der Waals surface area contributed by atoms with Gasteiger partial charge in [-0.15, -0.1) is 0 Å². The topological polar surface area (TPSA) is 58.7 Å². The Morgan fingerprint density at radius 2 is 1.95 bits per heavy atom. The Bertz CT molecular complexity index is 717. The van der Waals surface area contributed by atoms with E-state index in [1.54, 1.807) is 18.5 Å². The fourth-order valence-corrected chi connectivity index (χ4v) is 2.74. The Morgan fingerprint density at radius 1 is 1.25 bits per heavy atom. The lowest BCUT2D eigenvalue weighted by Gasteiger charge is -2.28. The molecule has 1 aromatic heterocycles. The lowest BCUT2D eigenvalue weighted by Crippen LogP contribution is -2.28. The van der Waals surface area contributed by atoms with E-state index < -0.39 is 0 Å². The van der Waals surface area contributed by atoms with Crippen LogP contribution in [0.15, 0.2) is 30.6 Å². The lowest BCUT2D eigenvalue weighted by molar-refractivity contribution is 0.0904. The first-order valence-electron chi connectivity index (χ1n) is 6.60. The maximum atomic E-state index is 12.4. The van der Waals surface area contributed by atoms with Crippen LogP contribution in [0.1, 0.15) is 42.0 Å². The normalized spacial score (nSPS) is 16.6. The zero-order valence-electron chi connectivity index (χ0n) is 11.6.